The number of benzene rings is 1. The third kappa shape index (κ3) is 2.39. The molecule has 12 heavy (non-hydrogen) atoms. The number of anilines is 1. The first-order chi connectivity index (χ1) is 5.59. The lowest BCUT2D eigenvalue weighted by Crippen LogP contribution is -2.19. The number of carbonyl (C=O) groups is 1. The highest BCUT2D eigenvalue weighted by molar-refractivity contribution is 9.10. The third-order valence-electron chi connectivity index (χ3n) is 1.19. The Hall–Kier alpha value is -0.740. The predicted molar refractivity (Wildman–Crippen MR) is 52.4 cm³/mol. The Kier molecular flexibility index (Phi) is 2.94. The van der Waals surface area contributed by atoms with Crippen molar-refractivity contribution >= 4 is 39.2 Å². The fourth-order valence-corrected chi connectivity index (χ4v) is 1.21. The van der Waals surface area contributed by atoms with E-state index in [-0.39, 0.29) is 0 Å². The minimum absolute atomic E-state index is 0.588. The molecule has 0 unspecified atom stereocenters. The Bertz CT molecular complexity index is 316. The van der Waals surface area contributed by atoms with Crippen LogP contribution in [0.25, 0.3) is 0 Å². The van der Waals surface area contributed by atoms with Crippen molar-refractivity contribution in [3.05, 3.63) is 27.7 Å². The molecule has 0 fully saturated rings. The molecular weight excluding hydrogens is 243 g/mol. The van der Waals surface area contributed by atoms with Crippen molar-refractivity contribution in [2.75, 3.05) is 5.32 Å². The van der Waals surface area contributed by atoms with Crippen LogP contribution in [0.2, 0.25) is 5.02 Å². The number of urea groups is 1. The quantitative estimate of drug-likeness (QED) is 0.790. The molecule has 0 atom stereocenters. The second-order valence-corrected chi connectivity index (χ2v) is 3.38. The summed E-state index contributed by atoms with van der Waals surface area (Å²) in [5.74, 6) is 0. The lowest BCUT2D eigenvalue weighted by atomic mass is 10.3. The van der Waals surface area contributed by atoms with Crippen LogP contribution in [0.1, 0.15) is 0 Å². The van der Waals surface area contributed by atoms with Crippen molar-refractivity contribution in [1.29, 1.82) is 0 Å². The molecule has 3 N–H and O–H groups in total. The van der Waals surface area contributed by atoms with Crippen LogP contribution < -0.4 is 11.1 Å². The Balaban J connectivity index is 2.89. The van der Waals surface area contributed by atoms with Gasteiger partial charge in [0.2, 0.25) is 0 Å². The van der Waals surface area contributed by atoms with Crippen LogP contribution in [0.15, 0.2) is 22.7 Å². The normalized spacial score (nSPS) is 9.50. The largest absolute Gasteiger partial charge is 0.351 e. The molecule has 1 rings (SSSR count). The molecule has 5 heteroatoms. The van der Waals surface area contributed by atoms with Crippen LogP contribution >= 0.6 is 27.5 Å². The van der Waals surface area contributed by atoms with E-state index < -0.39 is 6.03 Å². The summed E-state index contributed by atoms with van der Waals surface area (Å²) in [5, 5.41) is 3.01. The zero-order chi connectivity index (χ0) is 9.14. The summed E-state index contributed by atoms with van der Waals surface area (Å²) >= 11 is 8.94. The highest BCUT2D eigenvalue weighted by Crippen LogP contribution is 2.25. The third-order valence-corrected chi connectivity index (χ3v) is 2.40. The molecule has 0 aliphatic heterocycles. The number of primary amides is 1. The predicted octanol–water partition coefficient (Wildman–Crippen LogP) is 2.59. The topological polar surface area (TPSA) is 55.1 Å². The van der Waals surface area contributed by atoms with Gasteiger partial charge in [0, 0.05) is 10.2 Å². The van der Waals surface area contributed by atoms with Gasteiger partial charge >= 0.3 is 6.03 Å². The molecule has 0 saturated carbocycles. The van der Waals surface area contributed by atoms with Crippen molar-refractivity contribution < 1.29 is 4.79 Å². The van der Waals surface area contributed by atoms with Gasteiger partial charge in [0.15, 0.2) is 0 Å². The maximum absolute atomic E-state index is 10.4. The Morgan fingerprint density at radius 3 is 2.75 bits per heavy atom. The second kappa shape index (κ2) is 3.78. The number of rotatable bonds is 1. The van der Waals surface area contributed by atoms with Gasteiger partial charge in [-0.15, -0.1) is 0 Å². The molecule has 1 aromatic rings. The Morgan fingerprint density at radius 2 is 2.25 bits per heavy atom. The van der Waals surface area contributed by atoms with Gasteiger partial charge in [0.05, 0.1) is 5.02 Å². The maximum atomic E-state index is 10.4. The molecule has 2 amide bonds. The monoisotopic (exact) mass is 248 g/mol. The fraction of sp³-hybridized carbons (Fsp3) is 0. The van der Waals surface area contributed by atoms with Gasteiger partial charge in [0.25, 0.3) is 0 Å². The number of halogens is 2. The van der Waals surface area contributed by atoms with Gasteiger partial charge in [-0.25, -0.2) is 4.79 Å². The van der Waals surface area contributed by atoms with Crippen molar-refractivity contribution in [3.63, 3.8) is 0 Å². The van der Waals surface area contributed by atoms with E-state index in [0.717, 1.165) is 4.47 Å². The van der Waals surface area contributed by atoms with Crippen LogP contribution in [0.5, 0.6) is 0 Å². The standard InChI is InChI=1S/C7H6BrClN2O/c8-5-3-4(11-7(10)12)1-2-6(5)9/h1-3H,(H3,10,11,12). The maximum Gasteiger partial charge on any atom is 0.316 e. The average molecular weight is 249 g/mol. The summed E-state index contributed by atoms with van der Waals surface area (Å²) < 4.78 is 0.718. The lowest BCUT2D eigenvalue weighted by molar-refractivity contribution is 0.259. The van der Waals surface area contributed by atoms with E-state index in [0.29, 0.717) is 10.7 Å². The highest BCUT2D eigenvalue weighted by Gasteiger charge is 1.99. The van der Waals surface area contributed by atoms with Crippen molar-refractivity contribution in [1.82, 2.24) is 0 Å². The van der Waals surface area contributed by atoms with Gasteiger partial charge in [-0.05, 0) is 34.1 Å². The summed E-state index contributed by atoms with van der Waals surface area (Å²) in [7, 11) is 0. The van der Waals surface area contributed by atoms with Crippen LogP contribution in [0.3, 0.4) is 0 Å². The summed E-state index contributed by atoms with van der Waals surface area (Å²) in [6.45, 7) is 0. The number of nitrogens with one attached hydrogen (secondary N) is 1. The molecule has 0 heterocycles. The van der Waals surface area contributed by atoms with Crippen LogP contribution in [0, 0.1) is 0 Å². The lowest BCUT2D eigenvalue weighted by Gasteiger charge is -2.02. The van der Waals surface area contributed by atoms with Crippen molar-refractivity contribution in [2.45, 2.75) is 0 Å². The Morgan fingerprint density at radius 1 is 1.58 bits per heavy atom. The zero-order valence-electron chi connectivity index (χ0n) is 5.97. The Labute approximate surface area is 83.0 Å². The molecule has 0 spiro atoms. The van der Waals surface area contributed by atoms with Crippen LogP contribution in [0.4, 0.5) is 10.5 Å². The van der Waals surface area contributed by atoms with E-state index in [4.69, 9.17) is 17.3 Å². The summed E-state index contributed by atoms with van der Waals surface area (Å²) in [6.07, 6.45) is 0. The number of carbonyl (C=O) groups excluding carboxylic acids is 1. The van der Waals surface area contributed by atoms with Crippen molar-refractivity contribution in [2.24, 2.45) is 5.73 Å². The molecule has 0 bridgehead atoms. The van der Waals surface area contributed by atoms with Crippen LogP contribution in [-0.2, 0) is 0 Å². The summed E-state index contributed by atoms with van der Waals surface area (Å²) in [4.78, 5) is 10.4. The molecule has 0 saturated heterocycles. The minimum atomic E-state index is -0.593. The number of hydrogen-bond acceptors (Lipinski definition) is 1. The van der Waals surface area contributed by atoms with Gasteiger partial charge in [-0.3, -0.25) is 0 Å². The number of nitrogens with two attached hydrogens (primary N) is 1. The fourth-order valence-electron chi connectivity index (χ4n) is 0.716. The first kappa shape index (κ1) is 9.35. The highest BCUT2D eigenvalue weighted by atomic mass is 79.9. The molecule has 0 aliphatic rings. The van der Waals surface area contributed by atoms with Gasteiger partial charge < -0.3 is 11.1 Å². The van der Waals surface area contributed by atoms with Crippen molar-refractivity contribution in [3.8, 4) is 0 Å². The van der Waals surface area contributed by atoms with Crippen LogP contribution in [-0.4, -0.2) is 6.03 Å². The van der Waals surface area contributed by atoms with E-state index in [1.165, 1.54) is 0 Å². The molecule has 0 aromatic heterocycles. The molecule has 1 aromatic carbocycles. The van der Waals surface area contributed by atoms with Gasteiger partial charge in [-0.2, -0.15) is 0 Å². The van der Waals surface area contributed by atoms with E-state index in [1.807, 2.05) is 0 Å². The van der Waals surface area contributed by atoms with E-state index in [1.54, 1.807) is 18.2 Å². The molecule has 3 nitrogen and oxygen atoms in total. The second-order valence-electron chi connectivity index (χ2n) is 2.12. The van der Waals surface area contributed by atoms with E-state index >= 15 is 0 Å². The smallest absolute Gasteiger partial charge is 0.316 e. The van der Waals surface area contributed by atoms with E-state index in [2.05, 4.69) is 21.2 Å². The number of amides is 2. The summed E-state index contributed by atoms with van der Waals surface area (Å²) in [5.41, 5.74) is 5.52. The molecule has 0 radical (unpaired) electrons. The first-order valence-electron chi connectivity index (χ1n) is 3.11. The van der Waals surface area contributed by atoms with Gasteiger partial charge in [-0.1, -0.05) is 11.6 Å². The molecule has 64 valence electrons. The molecular formula is C7H6BrClN2O. The summed E-state index contributed by atoms with van der Waals surface area (Å²) in [6, 6.07) is 4.41. The van der Waals surface area contributed by atoms with Gasteiger partial charge in [0.1, 0.15) is 0 Å². The molecule has 0 aliphatic carbocycles. The minimum Gasteiger partial charge on any atom is -0.351 e. The first-order valence-corrected chi connectivity index (χ1v) is 4.28. The zero-order valence-corrected chi connectivity index (χ0v) is 8.32. The average Bonchev–Trinajstić information content (AvgIpc) is 1.96. The SMILES string of the molecule is NC(=O)Nc1ccc(Cl)c(Br)c1. The van der Waals surface area contributed by atoms with E-state index in [9.17, 15) is 4.79 Å². The number of hydrogen-bond donors (Lipinski definition) is 2.